The minimum absolute atomic E-state index is 0.931. The van der Waals surface area contributed by atoms with Gasteiger partial charge in [-0.05, 0) is 65.8 Å². The molecular formula is C20H14Br2. The predicted molar refractivity (Wildman–Crippen MR) is 103 cm³/mol. The van der Waals surface area contributed by atoms with Crippen molar-refractivity contribution in [3.63, 3.8) is 0 Å². The summed E-state index contributed by atoms with van der Waals surface area (Å²) in [5.41, 5.74) is 6.07. The molecule has 0 saturated heterocycles. The van der Waals surface area contributed by atoms with Crippen LogP contribution >= 0.6 is 31.9 Å². The summed E-state index contributed by atoms with van der Waals surface area (Å²) in [7, 11) is 0. The van der Waals surface area contributed by atoms with Crippen molar-refractivity contribution in [1.82, 2.24) is 0 Å². The predicted octanol–water partition coefficient (Wildman–Crippen LogP) is 7.11. The van der Waals surface area contributed by atoms with Crippen molar-refractivity contribution < 1.29 is 0 Å². The van der Waals surface area contributed by atoms with E-state index in [1.165, 1.54) is 27.8 Å². The van der Waals surface area contributed by atoms with Crippen LogP contribution in [-0.4, -0.2) is 0 Å². The zero-order chi connectivity index (χ0) is 15.4. The van der Waals surface area contributed by atoms with Crippen LogP contribution < -0.4 is 0 Å². The minimum Gasteiger partial charge on any atom is -0.0622 e. The second-order valence-electron chi connectivity index (χ2n) is 4.93. The molecule has 0 nitrogen and oxygen atoms in total. The second-order valence-corrected chi connectivity index (χ2v) is 7.71. The Labute approximate surface area is 147 Å². The summed E-state index contributed by atoms with van der Waals surface area (Å²) in [6, 6.07) is 27.4. The maximum atomic E-state index is 3.50. The Bertz CT molecular complexity index is 729. The Morgan fingerprint density at radius 2 is 1.05 bits per heavy atom. The molecule has 0 aliphatic rings. The van der Waals surface area contributed by atoms with Gasteiger partial charge in [0.25, 0.3) is 0 Å². The van der Waals surface area contributed by atoms with Gasteiger partial charge in [0.2, 0.25) is 0 Å². The molecule has 0 saturated carbocycles. The van der Waals surface area contributed by atoms with E-state index in [0.29, 0.717) is 0 Å². The van der Waals surface area contributed by atoms with Crippen LogP contribution in [0.5, 0.6) is 0 Å². The van der Waals surface area contributed by atoms with Gasteiger partial charge in [-0.25, -0.2) is 0 Å². The van der Waals surface area contributed by atoms with Gasteiger partial charge in [-0.2, -0.15) is 0 Å². The Morgan fingerprint density at radius 1 is 0.591 bits per heavy atom. The van der Waals surface area contributed by atoms with E-state index in [9.17, 15) is 0 Å². The van der Waals surface area contributed by atoms with Gasteiger partial charge in [-0.3, -0.25) is 0 Å². The van der Waals surface area contributed by atoms with Gasteiger partial charge in [0.05, 0.1) is 3.39 Å². The van der Waals surface area contributed by atoms with Crippen molar-refractivity contribution in [1.29, 1.82) is 0 Å². The van der Waals surface area contributed by atoms with Crippen LogP contribution in [0.3, 0.4) is 0 Å². The van der Waals surface area contributed by atoms with E-state index in [4.69, 9.17) is 0 Å². The molecule has 22 heavy (non-hydrogen) atoms. The molecule has 0 heterocycles. The van der Waals surface area contributed by atoms with Gasteiger partial charge < -0.3 is 0 Å². The summed E-state index contributed by atoms with van der Waals surface area (Å²) in [4.78, 5) is 0. The van der Waals surface area contributed by atoms with Gasteiger partial charge in [0.15, 0.2) is 0 Å². The molecular weight excluding hydrogens is 400 g/mol. The molecule has 0 bridgehead atoms. The first-order chi connectivity index (χ1) is 10.8. The fourth-order valence-electron chi connectivity index (χ4n) is 2.57. The largest absolute Gasteiger partial charge is 0.0622 e. The summed E-state index contributed by atoms with van der Waals surface area (Å²) >= 11 is 7.00. The molecule has 3 aromatic carbocycles. The van der Waals surface area contributed by atoms with E-state index in [-0.39, 0.29) is 0 Å². The van der Waals surface area contributed by atoms with Crippen molar-refractivity contribution in [2.75, 3.05) is 0 Å². The summed E-state index contributed by atoms with van der Waals surface area (Å²) in [6.45, 7) is 0. The zero-order valence-electron chi connectivity index (χ0n) is 11.8. The summed E-state index contributed by atoms with van der Waals surface area (Å²) < 4.78 is 0.931. The third-order valence-corrected chi connectivity index (χ3v) is 3.99. The number of hydrogen-bond donors (Lipinski definition) is 0. The third kappa shape index (κ3) is 3.40. The van der Waals surface area contributed by atoms with E-state index < -0.39 is 0 Å². The number of halogens is 2. The van der Waals surface area contributed by atoms with Crippen LogP contribution in [-0.2, 0) is 0 Å². The van der Waals surface area contributed by atoms with Crippen LogP contribution in [0.15, 0.2) is 82.3 Å². The van der Waals surface area contributed by atoms with Gasteiger partial charge in [-0.15, -0.1) is 0 Å². The van der Waals surface area contributed by atoms with Gasteiger partial charge in [0.1, 0.15) is 0 Å². The Balaban J connectivity index is 2.26. The first-order valence-electron chi connectivity index (χ1n) is 7.02. The number of benzene rings is 3. The quantitative estimate of drug-likeness (QED) is 0.429. The molecule has 0 aliphatic carbocycles. The van der Waals surface area contributed by atoms with Crippen LogP contribution in [0.4, 0.5) is 0 Å². The number of hydrogen-bond acceptors (Lipinski definition) is 0. The van der Waals surface area contributed by atoms with Crippen LogP contribution in [0, 0.1) is 0 Å². The topological polar surface area (TPSA) is 0 Å². The summed E-state index contributed by atoms with van der Waals surface area (Å²) in [6.07, 6.45) is 2.12. The minimum atomic E-state index is 0.931. The highest BCUT2D eigenvalue weighted by molar-refractivity contribution is 9.28. The normalized spacial score (nSPS) is 10.3. The van der Waals surface area contributed by atoms with Gasteiger partial charge in [-0.1, -0.05) is 78.9 Å². The lowest BCUT2D eigenvalue weighted by Gasteiger charge is -2.13. The third-order valence-electron chi connectivity index (χ3n) is 3.53. The highest BCUT2D eigenvalue weighted by Gasteiger charge is 2.10. The van der Waals surface area contributed by atoms with Crippen molar-refractivity contribution >= 4 is 37.9 Å². The highest BCUT2D eigenvalue weighted by atomic mass is 79.9. The van der Waals surface area contributed by atoms with Crippen molar-refractivity contribution in [3.05, 3.63) is 87.8 Å². The Morgan fingerprint density at radius 3 is 1.45 bits per heavy atom. The number of rotatable bonds is 3. The molecule has 0 aromatic heterocycles. The maximum absolute atomic E-state index is 3.50. The van der Waals surface area contributed by atoms with E-state index in [1.54, 1.807) is 0 Å². The molecule has 0 amide bonds. The first kappa shape index (κ1) is 15.3. The fraction of sp³-hybridized carbons (Fsp3) is 0. The molecule has 108 valence electrons. The highest BCUT2D eigenvalue weighted by Crippen LogP contribution is 2.35. The van der Waals surface area contributed by atoms with Crippen molar-refractivity contribution in [3.8, 4) is 22.3 Å². The van der Waals surface area contributed by atoms with Crippen LogP contribution in [0.2, 0.25) is 0 Å². The van der Waals surface area contributed by atoms with Gasteiger partial charge in [0, 0.05) is 0 Å². The van der Waals surface area contributed by atoms with Crippen LogP contribution in [0.1, 0.15) is 5.56 Å². The van der Waals surface area contributed by atoms with E-state index in [2.05, 4.69) is 105 Å². The van der Waals surface area contributed by atoms with Crippen molar-refractivity contribution in [2.24, 2.45) is 0 Å². The molecule has 0 fully saturated rings. The average molecular weight is 414 g/mol. The van der Waals surface area contributed by atoms with E-state index >= 15 is 0 Å². The van der Waals surface area contributed by atoms with E-state index in [1.807, 2.05) is 12.1 Å². The molecule has 3 aromatic rings. The molecule has 0 N–H and O–H groups in total. The fourth-order valence-corrected chi connectivity index (χ4v) is 3.03. The van der Waals surface area contributed by atoms with Crippen molar-refractivity contribution in [2.45, 2.75) is 0 Å². The SMILES string of the molecule is BrC(Br)=Cc1c(-c2ccccc2)cccc1-c1ccccc1. The van der Waals surface area contributed by atoms with Gasteiger partial charge >= 0.3 is 0 Å². The summed E-state index contributed by atoms with van der Waals surface area (Å²) in [5, 5.41) is 0. The molecule has 0 spiro atoms. The molecule has 0 radical (unpaired) electrons. The van der Waals surface area contributed by atoms with E-state index in [0.717, 1.165) is 3.39 Å². The molecule has 0 atom stereocenters. The monoisotopic (exact) mass is 412 g/mol. The second kappa shape index (κ2) is 7.08. The maximum Gasteiger partial charge on any atom is 0.0610 e. The molecule has 2 heteroatoms. The lowest BCUT2D eigenvalue weighted by Crippen LogP contribution is -1.89. The summed E-state index contributed by atoms with van der Waals surface area (Å²) in [5.74, 6) is 0. The average Bonchev–Trinajstić information content (AvgIpc) is 2.56. The zero-order valence-corrected chi connectivity index (χ0v) is 15.0. The standard InChI is InChI=1S/C20H14Br2/c21-20(22)14-19-17(15-8-3-1-4-9-15)12-7-13-18(19)16-10-5-2-6-11-16/h1-14H. The smallest absolute Gasteiger partial charge is 0.0610 e. The Kier molecular flexibility index (Phi) is 4.91. The van der Waals surface area contributed by atoms with Crippen LogP contribution in [0.25, 0.3) is 28.3 Å². The molecule has 0 unspecified atom stereocenters. The first-order valence-corrected chi connectivity index (χ1v) is 8.61. The Hall–Kier alpha value is -1.64. The molecule has 3 rings (SSSR count). The lowest BCUT2D eigenvalue weighted by molar-refractivity contribution is 1.56. The molecule has 0 aliphatic heterocycles. The lowest BCUT2D eigenvalue weighted by atomic mass is 9.92.